The van der Waals surface area contributed by atoms with Crippen LogP contribution in [0.5, 0.6) is 0 Å². The number of hydrogen-bond acceptors (Lipinski definition) is 6. The van der Waals surface area contributed by atoms with Crippen molar-refractivity contribution in [2.45, 2.75) is 31.4 Å². The first kappa shape index (κ1) is 25.1. The standard InChI is InChI=1S/C24H23ClFN3O5/c25-17-6-3-7-18(12-17)28(10-4-9-27)23(32)15-34-24(33)21-13-19(30)14-29(21)22(31)11-16-5-1-2-8-20(16)26/h1-3,5-8,12,19,21,30H,4,10-11,13-15H2. The summed E-state index contributed by atoms with van der Waals surface area (Å²) in [4.78, 5) is 40.6. The maximum absolute atomic E-state index is 13.9. The number of nitrogens with zero attached hydrogens (tertiary/aromatic N) is 3. The molecule has 1 fully saturated rings. The summed E-state index contributed by atoms with van der Waals surface area (Å²) in [6.07, 6.45) is -1.22. The van der Waals surface area contributed by atoms with Gasteiger partial charge in [-0.1, -0.05) is 35.9 Å². The number of aliphatic hydroxyl groups excluding tert-OH is 1. The van der Waals surface area contributed by atoms with Crippen LogP contribution in [-0.4, -0.2) is 59.6 Å². The number of likely N-dealkylation sites (tertiary alicyclic amines) is 1. The molecule has 1 saturated heterocycles. The zero-order valence-corrected chi connectivity index (χ0v) is 18.9. The topological polar surface area (TPSA) is 111 Å². The fourth-order valence-corrected chi connectivity index (χ4v) is 3.91. The molecular weight excluding hydrogens is 465 g/mol. The summed E-state index contributed by atoms with van der Waals surface area (Å²) in [6, 6.07) is 13.1. The molecule has 0 spiro atoms. The molecule has 0 saturated carbocycles. The molecule has 2 unspecified atom stereocenters. The predicted molar refractivity (Wildman–Crippen MR) is 121 cm³/mol. The average molecular weight is 488 g/mol. The number of carbonyl (C=O) groups is 3. The Labute approximate surface area is 201 Å². The summed E-state index contributed by atoms with van der Waals surface area (Å²) in [5.74, 6) is -2.50. The van der Waals surface area contributed by atoms with E-state index < -0.39 is 42.4 Å². The number of benzene rings is 2. The molecule has 2 aromatic rings. The third-order valence-corrected chi connectivity index (χ3v) is 5.61. The Morgan fingerprint density at radius 1 is 1.24 bits per heavy atom. The summed E-state index contributed by atoms with van der Waals surface area (Å²) in [6.45, 7) is -0.654. The Kier molecular flexibility index (Phi) is 8.57. The summed E-state index contributed by atoms with van der Waals surface area (Å²) < 4.78 is 19.1. The van der Waals surface area contributed by atoms with Crippen molar-refractivity contribution in [1.29, 1.82) is 5.26 Å². The van der Waals surface area contributed by atoms with Crippen LogP contribution >= 0.6 is 11.6 Å². The third kappa shape index (κ3) is 6.31. The van der Waals surface area contributed by atoms with Crippen molar-refractivity contribution >= 4 is 35.1 Å². The zero-order valence-electron chi connectivity index (χ0n) is 18.2. The lowest BCUT2D eigenvalue weighted by atomic mass is 10.1. The van der Waals surface area contributed by atoms with Gasteiger partial charge in [0.2, 0.25) is 5.91 Å². The number of β-amino-alcohol motifs (C(OH)–C–C–N with tert-alkyl or cyclic N) is 1. The first-order valence-electron chi connectivity index (χ1n) is 10.6. The molecular formula is C24H23ClFN3O5. The molecule has 0 aliphatic carbocycles. The van der Waals surface area contributed by atoms with Crippen molar-refractivity contribution in [1.82, 2.24) is 4.90 Å². The van der Waals surface area contributed by atoms with Gasteiger partial charge in [-0.05, 0) is 29.8 Å². The van der Waals surface area contributed by atoms with Gasteiger partial charge in [0.25, 0.3) is 5.91 Å². The Morgan fingerprint density at radius 3 is 2.71 bits per heavy atom. The van der Waals surface area contributed by atoms with E-state index in [2.05, 4.69) is 0 Å². The Bertz CT molecular complexity index is 1110. The maximum atomic E-state index is 13.9. The zero-order chi connectivity index (χ0) is 24.7. The minimum absolute atomic E-state index is 0.0531. The van der Waals surface area contributed by atoms with Crippen LogP contribution in [0.3, 0.4) is 0 Å². The molecule has 0 bridgehead atoms. The van der Waals surface area contributed by atoms with E-state index in [0.29, 0.717) is 10.7 Å². The maximum Gasteiger partial charge on any atom is 0.329 e. The highest BCUT2D eigenvalue weighted by atomic mass is 35.5. The summed E-state index contributed by atoms with van der Waals surface area (Å²) in [7, 11) is 0. The van der Waals surface area contributed by atoms with Crippen molar-refractivity contribution < 1.29 is 28.6 Å². The molecule has 2 aromatic carbocycles. The largest absolute Gasteiger partial charge is 0.454 e. The minimum Gasteiger partial charge on any atom is -0.454 e. The second-order valence-corrected chi connectivity index (χ2v) is 8.20. The number of hydrogen-bond donors (Lipinski definition) is 1. The van der Waals surface area contributed by atoms with Gasteiger partial charge >= 0.3 is 5.97 Å². The van der Waals surface area contributed by atoms with Crippen LogP contribution in [-0.2, 0) is 25.5 Å². The highest BCUT2D eigenvalue weighted by Crippen LogP contribution is 2.23. The normalized spacial score (nSPS) is 17.2. The second-order valence-electron chi connectivity index (χ2n) is 7.76. The lowest BCUT2D eigenvalue weighted by molar-refractivity contribution is -0.155. The van der Waals surface area contributed by atoms with Gasteiger partial charge in [-0.2, -0.15) is 5.26 Å². The van der Waals surface area contributed by atoms with E-state index in [9.17, 15) is 23.9 Å². The monoisotopic (exact) mass is 487 g/mol. The molecule has 34 heavy (non-hydrogen) atoms. The molecule has 8 nitrogen and oxygen atoms in total. The van der Waals surface area contributed by atoms with E-state index in [1.165, 1.54) is 23.1 Å². The lowest BCUT2D eigenvalue weighted by Gasteiger charge is -2.25. The van der Waals surface area contributed by atoms with E-state index in [1.54, 1.807) is 30.3 Å². The number of aliphatic hydroxyl groups is 1. The quantitative estimate of drug-likeness (QED) is 0.573. The first-order chi connectivity index (χ1) is 16.3. The number of anilines is 1. The highest BCUT2D eigenvalue weighted by molar-refractivity contribution is 6.30. The fraction of sp³-hybridized carbons (Fsp3) is 0.333. The second kappa shape index (κ2) is 11.6. The minimum atomic E-state index is -1.10. The SMILES string of the molecule is N#CCCN(C(=O)COC(=O)C1CC(O)CN1C(=O)Cc1ccccc1F)c1cccc(Cl)c1. The molecule has 1 aliphatic rings. The van der Waals surface area contributed by atoms with Gasteiger partial charge in [-0.3, -0.25) is 9.59 Å². The van der Waals surface area contributed by atoms with Gasteiger partial charge in [-0.25, -0.2) is 9.18 Å². The predicted octanol–water partition coefficient (Wildman–Crippen LogP) is 2.47. The van der Waals surface area contributed by atoms with Crippen LogP contribution < -0.4 is 4.90 Å². The Hall–Kier alpha value is -3.48. The van der Waals surface area contributed by atoms with Crippen molar-refractivity contribution in [3.63, 3.8) is 0 Å². The van der Waals surface area contributed by atoms with E-state index in [1.807, 2.05) is 6.07 Å². The molecule has 3 rings (SSSR count). The number of esters is 1. The molecule has 2 amide bonds. The molecule has 1 heterocycles. The van der Waals surface area contributed by atoms with Crippen LogP contribution in [0.4, 0.5) is 10.1 Å². The number of nitriles is 1. The number of ether oxygens (including phenoxy) is 1. The first-order valence-corrected chi connectivity index (χ1v) is 11.0. The van der Waals surface area contributed by atoms with Gasteiger partial charge in [0.15, 0.2) is 6.61 Å². The molecule has 1 aliphatic heterocycles. The highest BCUT2D eigenvalue weighted by Gasteiger charge is 2.40. The number of rotatable bonds is 8. The molecule has 10 heteroatoms. The van der Waals surface area contributed by atoms with Crippen molar-refractivity contribution in [2.75, 3.05) is 24.6 Å². The van der Waals surface area contributed by atoms with Crippen LogP contribution in [0.2, 0.25) is 5.02 Å². The third-order valence-electron chi connectivity index (χ3n) is 5.38. The Morgan fingerprint density at radius 2 is 2.00 bits per heavy atom. The van der Waals surface area contributed by atoms with Gasteiger partial charge in [0.05, 0.1) is 25.0 Å². The van der Waals surface area contributed by atoms with E-state index in [0.717, 1.165) is 4.90 Å². The number of amides is 2. The van der Waals surface area contributed by atoms with Crippen molar-refractivity contribution in [2.24, 2.45) is 0 Å². The van der Waals surface area contributed by atoms with Gasteiger partial charge < -0.3 is 19.6 Å². The van der Waals surface area contributed by atoms with Gasteiger partial charge in [0, 0.05) is 30.2 Å². The average Bonchev–Trinajstić information content (AvgIpc) is 3.21. The summed E-state index contributed by atoms with van der Waals surface area (Å²) in [5, 5.41) is 19.3. The van der Waals surface area contributed by atoms with E-state index in [-0.39, 0.29) is 37.9 Å². The fourth-order valence-electron chi connectivity index (χ4n) is 3.73. The number of halogens is 2. The number of carbonyl (C=O) groups excluding carboxylic acids is 3. The smallest absolute Gasteiger partial charge is 0.329 e. The molecule has 2 atom stereocenters. The van der Waals surface area contributed by atoms with Gasteiger partial charge in [0.1, 0.15) is 11.9 Å². The molecule has 178 valence electrons. The van der Waals surface area contributed by atoms with E-state index >= 15 is 0 Å². The van der Waals surface area contributed by atoms with E-state index in [4.69, 9.17) is 21.6 Å². The molecule has 1 N–H and O–H groups in total. The summed E-state index contributed by atoms with van der Waals surface area (Å²) in [5.41, 5.74) is 0.618. The molecule has 0 aromatic heterocycles. The molecule has 0 radical (unpaired) electrons. The lowest BCUT2D eigenvalue weighted by Crippen LogP contribution is -2.43. The van der Waals surface area contributed by atoms with Crippen molar-refractivity contribution in [3.8, 4) is 6.07 Å². The van der Waals surface area contributed by atoms with Crippen LogP contribution in [0.1, 0.15) is 18.4 Å². The summed E-state index contributed by atoms with van der Waals surface area (Å²) >= 11 is 6.00. The Balaban J connectivity index is 1.65. The van der Waals surface area contributed by atoms with Gasteiger partial charge in [-0.15, -0.1) is 0 Å². The van der Waals surface area contributed by atoms with Crippen molar-refractivity contribution in [3.05, 3.63) is 64.9 Å². The van der Waals surface area contributed by atoms with Crippen LogP contribution in [0, 0.1) is 17.1 Å². The van der Waals surface area contributed by atoms with Crippen LogP contribution in [0.25, 0.3) is 0 Å². The van der Waals surface area contributed by atoms with Crippen LogP contribution in [0.15, 0.2) is 48.5 Å².